The molecule has 2 aliphatic heterocycles. The molecule has 2 fully saturated rings. The summed E-state index contributed by atoms with van der Waals surface area (Å²) in [5, 5.41) is 3.16. The van der Waals surface area contributed by atoms with Crippen LogP contribution in [0, 0.1) is 0 Å². The Morgan fingerprint density at radius 3 is 2.67 bits per heavy atom. The molecule has 2 amide bonds. The summed E-state index contributed by atoms with van der Waals surface area (Å²) in [6.45, 7) is 1.53. The number of nitrogens with two attached hydrogens (primary N) is 1. The number of Topliss-reactive ketones (excluding diaryl/α,β-unsaturated/α-hetero) is 1. The number of nitrogens with zero attached hydrogens (tertiary/aromatic N) is 1. The average Bonchev–Trinajstić information content (AvgIpc) is 2.88. The molecule has 0 aromatic heterocycles. The molecule has 0 saturated carbocycles. The van der Waals surface area contributed by atoms with Crippen LogP contribution in [0.5, 0.6) is 0 Å². The smallest absolute Gasteiger partial charge is 0.315 e. The summed E-state index contributed by atoms with van der Waals surface area (Å²) in [7, 11) is 0. The van der Waals surface area contributed by atoms with E-state index in [0.717, 1.165) is 32.2 Å². The van der Waals surface area contributed by atoms with Crippen molar-refractivity contribution in [1.82, 2.24) is 10.2 Å². The zero-order valence-corrected chi connectivity index (χ0v) is 8.74. The lowest BCUT2D eigenvalue weighted by Crippen LogP contribution is -2.48. The summed E-state index contributed by atoms with van der Waals surface area (Å²) in [6.07, 6.45) is 3.58. The number of hydrogen-bond donors (Lipinski definition) is 2. The van der Waals surface area contributed by atoms with Gasteiger partial charge >= 0.3 is 6.03 Å². The van der Waals surface area contributed by atoms with Gasteiger partial charge in [-0.1, -0.05) is 0 Å². The average molecular weight is 211 g/mol. The van der Waals surface area contributed by atoms with Crippen LogP contribution in [0.2, 0.25) is 0 Å². The van der Waals surface area contributed by atoms with Gasteiger partial charge in [0, 0.05) is 6.54 Å². The lowest BCUT2D eigenvalue weighted by molar-refractivity contribution is -0.124. The number of rotatable bonds is 2. The quantitative estimate of drug-likeness (QED) is 0.667. The molecular weight excluding hydrogens is 194 g/mol. The van der Waals surface area contributed by atoms with Crippen LogP contribution >= 0.6 is 0 Å². The molecule has 0 aromatic carbocycles. The highest BCUT2D eigenvalue weighted by atomic mass is 16.2. The highest BCUT2D eigenvalue weighted by molar-refractivity contribution is 5.92. The van der Waals surface area contributed by atoms with Gasteiger partial charge in [0.05, 0.1) is 12.1 Å². The van der Waals surface area contributed by atoms with Crippen molar-refractivity contribution in [3.05, 3.63) is 0 Å². The number of urea groups is 1. The van der Waals surface area contributed by atoms with Gasteiger partial charge in [-0.3, -0.25) is 4.79 Å². The zero-order valence-electron chi connectivity index (χ0n) is 8.74. The number of carbonyl (C=O) groups is 2. The molecule has 2 heterocycles. The van der Waals surface area contributed by atoms with Gasteiger partial charge in [0.1, 0.15) is 0 Å². The largest absolute Gasteiger partial charge is 0.351 e. The van der Waals surface area contributed by atoms with E-state index in [2.05, 4.69) is 5.32 Å². The molecule has 0 radical (unpaired) electrons. The van der Waals surface area contributed by atoms with Crippen LogP contribution in [0.15, 0.2) is 0 Å². The number of ketones is 1. The standard InChI is InChI=1S/C10H17N3O2/c11-10(15)13-6-2-4-8(13)9(14)7-3-1-5-12-7/h7-8,12H,1-6H2,(H2,11,15)/t7-,8?/m0/s1. The van der Waals surface area contributed by atoms with Crippen molar-refractivity contribution in [1.29, 1.82) is 0 Å². The molecule has 2 saturated heterocycles. The minimum atomic E-state index is -0.469. The van der Waals surface area contributed by atoms with E-state index < -0.39 is 6.03 Å². The molecule has 0 spiro atoms. The summed E-state index contributed by atoms with van der Waals surface area (Å²) < 4.78 is 0. The van der Waals surface area contributed by atoms with Crippen molar-refractivity contribution in [2.75, 3.05) is 13.1 Å². The van der Waals surface area contributed by atoms with Crippen molar-refractivity contribution >= 4 is 11.8 Å². The predicted octanol–water partition coefficient (Wildman–Crippen LogP) is -0.149. The first kappa shape index (κ1) is 10.4. The molecule has 2 aliphatic rings. The first-order valence-corrected chi connectivity index (χ1v) is 5.53. The maximum absolute atomic E-state index is 12.1. The summed E-state index contributed by atoms with van der Waals surface area (Å²) >= 11 is 0. The minimum Gasteiger partial charge on any atom is -0.351 e. The Morgan fingerprint density at radius 1 is 1.27 bits per heavy atom. The van der Waals surface area contributed by atoms with Crippen molar-refractivity contribution < 1.29 is 9.59 Å². The molecule has 84 valence electrons. The third kappa shape index (κ3) is 1.97. The van der Waals surface area contributed by atoms with Gasteiger partial charge in [0.15, 0.2) is 5.78 Å². The minimum absolute atomic E-state index is 0.0602. The van der Waals surface area contributed by atoms with Crippen LogP contribution in [0.1, 0.15) is 25.7 Å². The van der Waals surface area contributed by atoms with Gasteiger partial charge in [0.25, 0.3) is 0 Å². The van der Waals surface area contributed by atoms with Crippen molar-refractivity contribution in [3.63, 3.8) is 0 Å². The van der Waals surface area contributed by atoms with E-state index in [4.69, 9.17) is 5.73 Å². The molecule has 2 atom stereocenters. The van der Waals surface area contributed by atoms with Crippen LogP contribution in [0.3, 0.4) is 0 Å². The SMILES string of the molecule is NC(=O)N1CCCC1C(=O)[C@@H]1CCCN1. The summed E-state index contributed by atoms with van der Waals surface area (Å²) in [6, 6.07) is -0.808. The second-order valence-corrected chi connectivity index (χ2v) is 4.24. The maximum Gasteiger partial charge on any atom is 0.315 e. The van der Waals surface area contributed by atoms with E-state index in [-0.39, 0.29) is 17.9 Å². The van der Waals surface area contributed by atoms with E-state index in [1.165, 1.54) is 4.90 Å². The molecule has 2 rings (SSSR count). The van der Waals surface area contributed by atoms with Crippen LogP contribution in [-0.2, 0) is 4.79 Å². The monoisotopic (exact) mass is 211 g/mol. The number of carbonyl (C=O) groups excluding carboxylic acids is 2. The molecule has 5 heteroatoms. The van der Waals surface area contributed by atoms with Gasteiger partial charge in [-0.25, -0.2) is 4.79 Å². The van der Waals surface area contributed by atoms with Gasteiger partial charge in [-0.2, -0.15) is 0 Å². The predicted molar refractivity (Wildman–Crippen MR) is 55.3 cm³/mol. The topological polar surface area (TPSA) is 75.4 Å². The van der Waals surface area contributed by atoms with Crippen LogP contribution < -0.4 is 11.1 Å². The Kier molecular flexibility index (Phi) is 2.90. The zero-order chi connectivity index (χ0) is 10.8. The van der Waals surface area contributed by atoms with E-state index >= 15 is 0 Å². The Hall–Kier alpha value is -1.10. The fourth-order valence-electron chi connectivity index (χ4n) is 2.49. The fourth-order valence-corrected chi connectivity index (χ4v) is 2.49. The van der Waals surface area contributed by atoms with Crippen molar-refractivity contribution in [2.45, 2.75) is 37.8 Å². The van der Waals surface area contributed by atoms with E-state index in [1.54, 1.807) is 0 Å². The van der Waals surface area contributed by atoms with Crippen molar-refractivity contribution in [3.8, 4) is 0 Å². The Bertz CT molecular complexity index is 274. The lowest BCUT2D eigenvalue weighted by atomic mass is 10.0. The molecule has 15 heavy (non-hydrogen) atoms. The number of amides is 2. The van der Waals surface area contributed by atoms with Gasteiger partial charge in [-0.15, -0.1) is 0 Å². The van der Waals surface area contributed by atoms with Gasteiger partial charge in [0.2, 0.25) is 0 Å². The summed E-state index contributed by atoms with van der Waals surface area (Å²) in [4.78, 5) is 24.7. The van der Waals surface area contributed by atoms with Gasteiger partial charge in [-0.05, 0) is 32.2 Å². The Morgan fingerprint density at radius 2 is 2.07 bits per heavy atom. The number of likely N-dealkylation sites (tertiary alicyclic amines) is 1. The van der Waals surface area contributed by atoms with E-state index in [1.807, 2.05) is 0 Å². The normalized spacial score (nSPS) is 30.8. The van der Waals surface area contributed by atoms with Gasteiger partial charge < -0.3 is 16.0 Å². The van der Waals surface area contributed by atoms with Crippen LogP contribution in [0.4, 0.5) is 4.79 Å². The summed E-state index contributed by atoms with van der Waals surface area (Å²) in [5.41, 5.74) is 5.24. The lowest BCUT2D eigenvalue weighted by Gasteiger charge is -2.23. The third-order valence-electron chi connectivity index (χ3n) is 3.27. The van der Waals surface area contributed by atoms with Crippen LogP contribution in [0.25, 0.3) is 0 Å². The molecule has 0 aliphatic carbocycles. The molecule has 3 N–H and O–H groups in total. The molecule has 0 bridgehead atoms. The number of nitrogens with one attached hydrogen (secondary N) is 1. The van der Waals surface area contributed by atoms with Crippen LogP contribution in [-0.4, -0.2) is 41.9 Å². The third-order valence-corrected chi connectivity index (χ3v) is 3.27. The first-order chi connectivity index (χ1) is 7.20. The number of primary amides is 1. The second-order valence-electron chi connectivity index (χ2n) is 4.24. The second kappa shape index (κ2) is 4.18. The molecule has 1 unspecified atom stereocenters. The Labute approximate surface area is 89.0 Å². The van der Waals surface area contributed by atoms with E-state index in [9.17, 15) is 9.59 Å². The highest BCUT2D eigenvalue weighted by Gasteiger charge is 2.37. The fraction of sp³-hybridized carbons (Fsp3) is 0.800. The summed E-state index contributed by atoms with van der Waals surface area (Å²) in [5.74, 6) is 0.142. The maximum atomic E-state index is 12.1. The van der Waals surface area contributed by atoms with Crippen molar-refractivity contribution in [2.24, 2.45) is 5.73 Å². The molecular formula is C10H17N3O2. The Balaban J connectivity index is 2.02. The molecule has 5 nitrogen and oxygen atoms in total. The molecule has 0 aromatic rings. The number of hydrogen-bond acceptors (Lipinski definition) is 3. The highest BCUT2D eigenvalue weighted by Crippen LogP contribution is 2.21. The first-order valence-electron chi connectivity index (χ1n) is 5.53. The van der Waals surface area contributed by atoms with E-state index in [0.29, 0.717) is 6.54 Å².